The first-order valence-electron chi connectivity index (χ1n) is 6.49. The van der Waals surface area contributed by atoms with E-state index in [0.717, 1.165) is 0 Å². The van der Waals surface area contributed by atoms with Gasteiger partial charge >= 0.3 is 0 Å². The predicted molar refractivity (Wildman–Crippen MR) is 80.3 cm³/mol. The average Bonchev–Trinajstić information content (AvgIpc) is 2.41. The van der Waals surface area contributed by atoms with Crippen molar-refractivity contribution in [2.24, 2.45) is 0 Å². The van der Waals surface area contributed by atoms with Crippen molar-refractivity contribution >= 4 is 21.6 Å². The van der Waals surface area contributed by atoms with Crippen LogP contribution in [0.25, 0.3) is 0 Å². The Balaban J connectivity index is 2.54. The van der Waals surface area contributed by atoms with Crippen molar-refractivity contribution in [3.8, 4) is 0 Å². The predicted octanol–water partition coefficient (Wildman–Crippen LogP) is 0.00822. The molecule has 1 aromatic rings. The van der Waals surface area contributed by atoms with Crippen LogP contribution < -0.4 is 15.8 Å². The van der Waals surface area contributed by atoms with Gasteiger partial charge in [0.25, 0.3) is 0 Å². The topological polar surface area (TPSA) is 111 Å². The number of nitrogens with two attached hydrogens (primary N) is 1. The third kappa shape index (κ3) is 5.33. The molecule has 21 heavy (non-hydrogen) atoms. The Labute approximate surface area is 124 Å². The molecular weight excluding hydrogens is 294 g/mol. The van der Waals surface area contributed by atoms with Gasteiger partial charge in [-0.1, -0.05) is 6.07 Å². The molecule has 0 aliphatic heterocycles. The molecule has 8 heteroatoms. The lowest BCUT2D eigenvalue weighted by Crippen LogP contribution is -2.32. The highest BCUT2D eigenvalue weighted by Crippen LogP contribution is 2.19. The van der Waals surface area contributed by atoms with Gasteiger partial charge in [0, 0.05) is 32.3 Å². The number of amides is 1. The maximum atomic E-state index is 12.1. The van der Waals surface area contributed by atoms with Crippen LogP contribution in [0.5, 0.6) is 0 Å². The lowest BCUT2D eigenvalue weighted by molar-refractivity contribution is -0.121. The molecule has 0 aliphatic carbocycles. The monoisotopic (exact) mass is 315 g/mol. The number of hydrogen-bond acceptors (Lipinski definition) is 5. The quantitative estimate of drug-likeness (QED) is 0.462. The Bertz CT molecular complexity index is 587. The number of ether oxygens (including phenoxy) is 1. The van der Waals surface area contributed by atoms with Gasteiger partial charge in [-0.05, 0) is 24.6 Å². The van der Waals surface area contributed by atoms with E-state index in [1.807, 2.05) is 0 Å². The van der Waals surface area contributed by atoms with Crippen molar-refractivity contribution in [1.29, 1.82) is 0 Å². The Morgan fingerprint density at radius 3 is 2.71 bits per heavy atom. The molecule has 0 atom stereocenters. The van der Waals surface area contributed by atoms with E-state index in [4.69, 9.17) is 10.5 Å². The van der Waals surface area contributed by atoms with Crippen LogP contribution in [-0.2, 0) is 19.6 Å². The minimum absolute atomic E-state index is 0.0232. The summed E-state index contributed by atoms with van der Waals surface area (Å²) in [5.41, 5.74) is 6.60. The maximum absolute atomic E-state index is 12.1. The number of carbonyl (C=O) groups excluding carboxylic acids is 1. The summed E-state index contributed by atoms with van der Waals surface area (Å²) < 4.78 is 31.4. The third-order valence-corrected chi connectivity index (χ3v) is 4.49. The molecule has 0 saturated heterocycles. The molecule has 118 valence electrons. The van der Waals surface area contributed by atoms with Gasteiger partial charge in [-0.3, -0.25) is 4.79 Å². The molecule has 0 unspecified atom stereocenters. The zero-order valence-corrected chi connectivity index (χ0v) is 13.0. The molecule has 0 aromatic heterocycles. The number of methoxy groups -OCH3 is 1. The number of rotatable bonds is 8. The number of anilines is 1. The van der Waals surface area contributed by atoms with E-state index in [0.29, 0.717) is 24.4 Å². The normalized spacial score (nSPS) is 11.3. The molecule has 0 fully saturated rings. The fourth-order valence-electron chi connectivity index (χ4n) is 1.68. The second-order valence-electron chi connectivity index (χ2n) is 4.46. The number of carbonyl (C=O) groups is 1. The van der Waals surface area contributed by atoms with Crippen molar-refractivity contribution < 1.29 is 17.9 Å². The van der Waals surface area contributed by atoms with Gasteiger partial charge in [0.1, 0.15) is 0 Å². The number of benzene rings is 1. The van der Waals surface area contributed by atoms with Crippen LogP contribution in [0.15, 0.2) is 23.1 Å². The molecule has 1 amide bonds. The van der Waals surface area contributed by atoms with Gasteiger partial charge < -0.3 is 15.8 Å². The number of nitrogen functional groups attached to an aromatic ring is 1. The molecule has 0 spiro atoms. The van der Waals surface area contributed by atoms with Crippen LogP contribution in [0.3, 0.4) is 0 Å². The van der Waals surface area contributed by atoms with E-state index in [1.54, 1.807) is 19.1 Å². The third-order valence-electron chi connectivity index (χ3n) is 2.89. The molecule has 7 nitrogen and oxygen atoms in total. The SMILES string of the molecule is COCCNC(=O)CCNS(=O)(=O)c1cccc(N)c1C. The summed E-state index contributed by atoms with van der Waals surface area (Å²) in [5.74, 6) is -0.237. The van der Waals surface area contributed by atoms with E-state index >= 15 is 0 Å². The summed E-state index contributed by atoms with van der Waals surface area (Å²) in [6, 6.07) is 4.69. The average molecular weight is 315 g/mol. The van der Waals surface area contributed by atoms with Gasteiger partial charge in [0.15, 0.2) is 0 Å². The molecule has 1 aromatic carbocycles. The van der Waals surface area contributed by atoms with Crippen molar-refractivity contribution in [2.45, 2.75) is 18.2 Å². The largest absolute Gasteiger partial charge is 0.398 e. The van der Waals surface area contributed by atoms with Gasteiger partial charge in [-0.2, -0.15) is 0 Å². The minimum atomic E-state index is -3.67. The summed E-state index contributed by atoms with van der Waals surface area (Å²) in [4.78, 5) is 11.6. The molecule has 0 saturated carbocycles. The van der Waals surface area contributed by atoms with E-state index in [2.05, 4.69) is 10.0 Å². The summed E-state index contributed by atoms with van der Waals surface area (Å²) in [5, 5.41) is 2.61. The highest BCUT2D eigenvalue weighted by atomic mass is 32.2. The number of sulfonamides is 1. The van der Waals surface area contributed by atoms with Crippen LogP contribution in [0.4, 0.5) is 5.69 Å². The van der Waals surface area contributed by atoms with Crippen LogP contribution in [0, 0.1) is 6.92 Å². The summed E-state index contributed by atoms with van der Waals surface area (Å²) in [6.45, 7) is 2.48. The number of hydrogen-bond donors (Lipinski definition) is 3. The van der Waals surface area contributed by atoms with Gasteiger partial charge in [-0.15, -0.1) is 0 Å². The first kappa shape index (κ1) is 17.4. The zero-order valence-electron chi connectivity index (χ0n) is 12.2. The molecule has 1 rings (SSSR count). The Kier molecular flexibility index (Phi) is 6.60. The molecule has 4 N–H and O–H groups in total. The minimum Gasteiger partial charge on any atom is -0.398 e. The fraction of sp³-hybridized carbons (Fsp3) is 0.462. The second kappa shape index (κ2) is 7.96. The van der Waals surface area contributed by atoms with Gasteiger partial charge in [0.2, 0.25) is 15.9 Å². The van der Waals surface area contributed by atoms with E-state index in [-0.39, 0.29) is 23.8 Å². The highest BCUT2D eigenvalue weighted by Gasteiger charge is 2.17. The standard InChI is InChI=1S/C13H21N3O4S/c1-10-11(14)4-3-5-12(10)21(18,19)16-7-6-13(17)15-8-9-20-2/h3-5,16H,6-9,14H2,1-2H3,(H,15,17). The van der Waals surface area contributed by atoms with Gasteiger partial charge in [0.05, 0.1) is 11.5 Å². The zero-order chi connectivity index (χ0) is 15.9. The van der Waals surface area contributed by atoms with Crippen molar-refractivity contribution in [3.05, 3.63) is 23.8 Å². The Morgan fingerprint density at radius 1 is 1.33 bits per heavy atom. The van der Waals surface area contributed by atoms with E-state index < -0.39 is 10.0 Å². The summed E-state index contributed by atoms with van der Waals surface area (Å²) >= 11 is 0. The van der Waals surface area contributed by atoms with Crippen LogP contribution in [0.1, 0.15) is 12.0 Å². The lowest BCUT2D eigenvalue weighted by atomic mass is 10.2. The smallest absolute Gasteiger partial charge is 0.240 e. The molecule has 0 bridgehead atoms. The van der Waals surface area contributed by atoms with Crippen molar-refractivity contribution in [3.63, 3.8) is 0 Å². The van der Waals surface area contributed by atoms with Gasteiger partial charge in [-0.25, -0.2) is 13.1 Å². The van der Waals surface area contributed by atoms with Crippen LogP contribution in [0.2, 0.25) is 0 Å². The fourth-order valence-corrected chi connectivity index (χ4v) is 2.99. The number of nitrogens with one attached hydrogen (secondary N) is 2. The van der Waals surface area contributed by atoms with E-state index in [1.165, 1.54) is 13.2 Å². The Morgan fingerprint density at radius 2 is 2.05 bits per heavy atom. The van der Waals surface area contributed by atoms with Crippen LogP contribution in [-0.4, -0.2) is 41.1 Å². The highest BCUT2D eigenvalue weighted by molar-refractivity contribution is 7.89. The molecular formula is C13H21N3O4S. The van der Waals surface area contributed by atoms with E-state index in [9.17, 15) is 13.2 Å². The Hall–Kier alpha value is -1.64. The lowest BCUT2D eigenvalue weighted by Gasteiger charge is -2.10. The second-order valence-corrected chi connectivity index (χ2v) is 6.20. The summed E-state index contributed by atoms with van der Waals surface area (Å²) in [6.07, 6.45) is 0.0598. The molecule has 0 heterocycles. The van der Waals surface area contributed by atoms with Crippen LogP contribution >= 0.6 is 0 Å². The molecule has 0 aliphatic rings. The first-order chi connectivity index (χ1) is 9.88. The maximum Gasteiger partial charge on any atom is 0.240 e. The van der Waals surface area contributed by atoms with Crippen molar-refractivity contribution in [2.75, 3.05) is 32.5 Å². The first-order valence-corrected chi connectivity index (χ1v) is 7.97. The molecule has 0 radical (unpaired) electrons. The van der Waals surface area contributed by atoms with Crippen molar-refractivity contribution in [1.82, 2.24) is 10.0 Å². The summed E-state index contributed by atoms with van der Waals surface area (Å²) in [7, 11) is -2.13.